The summed E-state index contributed by atoms with van der Waals surface area (Å²) in [6.45, 7) is 2.19. The van der Waals surface area contributed by atoms with Gasteiger partial charge in [0.15, 0.2) is 0 Å². The Morgan fingerprint density at radius 1 is 1.09 bits per heavy atom. The van der Waals surface area contributed by atoms with E-state index in [2.05, 4.69) is 20.4 Å². The molecule has 13 heteroatoms. The fourth-order valence-electron chi connectivity index (χ4n) is 3.23. The Morgan fingerprint density at radius 3 is 2.30 bits per heavy atom. The summed E-state index contributed by atoms with van der Waals surface area (Å²) >= 11 is 6.18. The molecule has 1 unspecified atom stereocenters. The van der Waals surface area contributed by atoms with Crippen LogP contribution in [0, 0.1) is 11.6 Å². The van der Waals surface area contributed by atoms with E-state index in [0.29, 0.717) is 6.54 Å². The number of hydrogen-bond donors (Lipinski definition) is 1. The number of nitrogens with one attached hydrogen (secondary N) is 1. The minimum absolute atomic E-state index is 0.126. The highest BCUT2D eigenvalue weighted by molar-refractivity contribution is 6.33. The third-order valence-electron chi connectivity index (χ3n) is 5.04. The molecule has 0 aliphatic heterocycles. The Balaban J connectivity index is 2.09. The molecule has 1 atom stereocenters. The average Bonchev–Trinajstić information content (AvgIpc) is 3.16. The summed E-state index contributed by atoms with van der Waals surface area (Å²) in [7, 11) is 5.53. The van der Waals surface area contributed by atoms with Gasteiger partial charge in [0.1, 0.15) is 35.0 Å². The van der Waals surface area contributed by atoms with E-state index in [0.717, 1.165) is 42.9 Å². The molecule has 0 fully saturated rings. The van der Waals surface area contributed by atoms with Gasteiger partial charge in [-0.1, -0.05) is 11.6 Å². The standard InChI is InChI=1S/C20H23ClF5N7/c1-11(20(24,25)26)29-18-16(17(21)30-19-27-10-28-33(18)19)15-13(22)8-12(9-14(15)23)32(4)7-5-6-31(2)3/h8-11,29H,5-7H2,1-4H3. The van der Waals surface area contributed by atoms with Crippen LogP contribution < -0.4 is 10.2 Å². The van der Waals surface area contributed by atoms with E-state index in [1.807, 2.05) is 19.0 Å². The highest BCUT2D eigenvalue weighted by atomic mass is 35.5. The van der Waals surface area contributed by atoms with E-state index in [9.17, 15) is 13.2 Å². The largest absolute Gasteiger partial charge is 0.408 e. The SMILES string of the molecule is CC(Nc1c(-c2c(F)cc(N(C)CCCN(C)C)cc2F)c(Cl)nc2ncnn12)C(F)(F)F. The molecule has 0 saturated heterocycles. The van der Waals surface area contributed by atoms with Crippen molar-refractivity contribution in [1.29, 1.82) is 0 Å². The molecule has 2 aromatic heterocycles. The van der Waals surface area contributed by atoms with E-state index in [1.54, 1.807) is 11.9 Å². The average molecular weight is 492 g/mol. The van der Waals surface area contributed by atoms with Crippen LogP contribution >= 0.6 is 11.6 Å². The molecule has 1 N–H and O–H groups in total. The van der Waals surface area contributed by atoms with Gasteiger partial charge in [-0.05, 0) is 46.1 Å². The molecule has 2 heterocycles. The molecule has 1 aromatic carbocycles. The first-order chi connectivity index (χ1) is 15.4. The zero-order valence-electron chi connectivity index (χ0n) is 18.4. The normalized spacial score (nSPS) is 13.1. The van der Waals surface area contributed by atoms with Crippen LogP contribution in [0.5, 0.6) is 0 Å². The van der Waals surface area contributed by atoms with Crippen LogP contribution in [0.25, 0.3) is 16.9 Å². The number of hydrogen-bond acceptors (Lipinski definition) is 6. The monoisotopic (exact) mass is 491 g/mol. The summed E-state index contributed by atoms with van der Waals surface area (Å²) in [5, 5.41) is 5.62. The van der Waals surface area contributed by atoms with Crippen molar-refractivity contribution in [1.82, 2.24) is 24.5 Å². The van der Waals surface area contributed by atoms with Crippen molar-refractivity contribution in [3.05, 3.63) is 35.2 Å². The fourth-order valence-corrected chi connectivity index (χ4v) is 3.49. The number of benzene rings is 1. The number of anilines is 2. The van der Waals surface area contributed by atoms with Crippen molar-refractivity contribution in [3.8, 4) is 11.1 Å². The van der Waals surface area contributed by atoms with Crippen molar-refractivity contribution < 1.29 is 22.0 Å². The van der Waals surface area contributed by atoms with Crippen LogP contribution in [0.4, 0.5) is 33.5 Å². The molecule has 33 heavy (non-hydrogen) atoms. The summed E-state index contributed by atoms with van der Waals surface area (Å²) in [5.74, 6) is -2.51. The van der Waals surface area contributed by atoms with E-state index in [4.69, 9.17) is 11.6 Å². The summed E-state index contributed by atoms with van der Waals surface area (Å²) in [5.41, 5.74) is -0.730. The molecule has 0 radical (unpaired) electrons. The van der Waals surface area contributed by atoms with Crippen LogP contribution in [0.15, 0.2) is 18.5 Å². The third-order valence-corrected chi connectivity index (χ3v) is 5.32. The lowest BCUT2D eigenvalue weighted by Gasteiger charge is -2.23. The molecule has 0 amide bonds. The lowest BCUT2D eigenvalue weighted by atomic mass is 10.0. The predicted octanol–water partition coefficient (Wildman–Crippen LogP) is 4.47. The molecule has 7 nitrogen and oxygen atoms in total. The van der Waals surface area contributed by atoms with Crippen LogP contribution in [-0.2, 0) is 0 Å². The number of alkyl halides is 3. The first-order valence-electron chi connectivity index (χ1n) is 9.98. The highest BCUT2D eigenvalue weighted by Crippen LogP contribution is 2.39. The summed E-state index contributed by atoms with van der Waals surface area (Å²) in [4.78, 5) is 11.4. The van der Waals surface area contributed by atoms with Crippen LogP contribution in [0.3, 0.4) is 0 Å². The number of fused-ring (bicyclic) bond motifs is 1. The second-order valence-electron chi connectivity index (χ2n) is 7.87. The van der Waals surface area contributed by atoms with E-state index >= 15 is 8.78 Å². The molecule has 0 spiro atoms. The Labute approximate surface area is 192 Å². The van der Waals surface area contributed by atoms with Crippen molar-refractivity contribution in [2.45, 2.75) is 25.6 Å². The number of aromatic nitrogens is 4. The molecule has 0 saturated carbocycles. The van der Waals surface area contributed by atoms with Gasteiger partial charge in [-0.25, -0.2) is 8.78 Å². The summed E-state index contributed by atoms with van der Waals surface area (Å²) in [6.07, 6.45) is -2.84. The highest BCUT2D eigenvalue weighted by Gasteiger charge is 2.37. The maximum Gasteiger partial charge on any atom is 0.408 e. The van der Waals surface area contributed by atoms with Crippen LogP contribution in [-0.4, -0.2) is 70.9 Å². The van der Waals surface area contributed by atoms with Gasteiger partial charge in [-0.3, -0.25) is 0 Å². The van der Waals surface area contributed by atoms with Gasteiger partial charge < -0.3 is 15.1 Å². The van der Waals surface area contributed by atoms with Gasteiger partial charge in [-0.15, -0.1) is 0 Å². The zero-order chi connectivity index (χ0) is 24.5. The van der Waals surface area contributed by atoms with Crippen molar-refractivity contribution in [2.24, 2.45) is 0 Å². The molecular formula is C20H23ClF5N7. The lowest BCUT2D eigenvalue weighted by Crippen LogP contribution is -2.34. The minimum Gasteiger partial charge on any atom is -0.374 e. The van der Waals surface area contributed by atoms with Gasteiger partial charge in [0.05, 0.1) is 11.1 Å². The number of halogens is 6. The van der Waals surface area contributed by atoms with E-state index < -0.39 is 34.6 Å². The quantitative estimate of drug-likeness (QED) is 0.370. The Bertz CT molecular complexity index is 1110. The second-order valence-corrected chi connectivity index (χ2v) is 8.23. The van der Waals surface area contributed by atoms with Crippen molar-refractivity contribution in [3.63, 3.8) is 0 Å². The first-order valence-corrected chi connectivity index (χ1v) is 10.4. The van der Waals surface area contributed by atoms with Gasteiger partial charge in [-0.2, -0.15) is 32.8 Å². The smallest absolute Gasteiger partial charge is 0.374 e. The van der Waals surface area contributed by atoms with Crippen molar-refractivity contribution in [2.75, 3.05) is 44.4 Å². The van der Waals surface area contributed by atoms with Gasteiger partial charge >= 0.3 is 6.18 Å². The van der Waals surface area contributed by atoms with Crippen molar-refractivity contribution >= 4 is 28.9 Å². The Hall–Kier alpha value is -2.73. The van der Waals surface area contributed by atoms with Crippen LogP contribution in [0.2, 0.25) is 5.15 Å². The number of nitrogens with zero attached hydrogens (tertiary/aromatic N) is 6. The Morgan fingerprint density at radius 2 is 1.73 bits per heavy atom. The first kappa shape index (κ1) is 24.9. The van der Waals surface area contributed by atoms with Crippen LogP contribution in [0.1, 0.15) is 13.3 Å². The molecule has 0 aliphatic carbocycles. The topological polar surface area (TPSA) is 61.6 Å². The van der Waals surface area contributed by atoms with E-state index in [1.165, 1.54) is 0 Å². The van der Waals surface area contributed by atoms with Gasteiger partial charge in [0.2, 0.25) is 0 Å². The second kappa shape index (κ2) is 9.64. The third kappa shape index (κ3) is 5.44. The maximum absolute atomic E-state index is 15.2. The molecule has 3 aromatic rings. The molecule has 180 valence electrons. The zero-order valence-corrected chi connectivity index (χ0v) is 19.1. The van der Waals surface area contributed by atoms with Gasteiger partial charge in [0, 0.05) is 19.3 Å². The molecule has 3 rings (SSSR count). The molecular weight excluding hydrogens is 469 g/mol. The molecule has 0 aliphatic rings. The lowest BCUT2D eigenvalue weighted by molar-refractivity contribution is -0.138. The minimum atomic E-state index is -4.64. The number of rotatable bonds is 8. The summed E-state index contributed by atoms with van der Waals surface area (Å²) < 4.78 is 71.0. The van der Waals surface area contributed by atoms with Gasteiger partial charge in [0.25, 0.3) is 5.78 Å². The molecule has 0 bridgehead atoms. The van der Waals surface area contributed by atoms with E-state index in [-0.39, 0.29) is 22.8 Å². The maximum atomic E-state index is 15.2. The summed E-state index contributed by atoms with van der Waals surface area (Å²) in [6, 6.07) is 0.134. The predicted molar refractivity (Wildman–Crippen MR) is 117 cm³/mol. The Kier molecular flexibility index (Phi) is 7.27. The fraction of sp³-hybridized carbons (Fsp3) is 0.450.